The van der Waals surface area contributed by atoms with Crippen molar-refractivity contribution in [2.24, 2.45) is 5.92 Å². The maximum atomic E-state index is 11.8. The van der Waals surface area contributed by atoms with Crippen molar-refractivity contribution in [1.82, 2.24) is 5.32 Å². The van der Waals surface area contributed by atoms with Gasteiger partial charge in [0.2, 0.25) is 5.91 Å². The van der Waals surface area contributed by atoms with Crippen LogP contribution in [0.3, 0.4) is 0 Å². The number of carboxylic acid groups (broad SMARTS) is 1. The molecule has 1 heterocycles. The van der Waals surface area contributed by atoms with Crippen molar-refractivity contribution >= 4 is 23.2 Å². The second-order valence-corrected chi connectivity index (χ2v) is 6.14. The summed E-state index contributed by atoms with van der Waals surface area (Å²) >= 11 is 1.62. The fourth-order valence-corrected chi connectivity index (χ4v) is 2.87. The van der Waals surface area contributed by atoms with E-state index in [4.69, 9.17) is 0 Å². The average molecular weight is 317 g/mol. The number of hydrogen-bond acceptors (Lipinski definition) is 3. The largest absolute Gasteiger partial charge is 0.481 e. The Morgan fingerprint density at radius 3 is 2.55 bits per heavy atom. The molecule has 5 heteroatoms. The van der Waals surface area contributed by atoms with Gasteiger partial charge in [-0.3, -0.25) is 9.59 Å². The standard InChI is InChI=1S/C17H19NO3S/c19-16(9-8-15-7-4-10-22-15)18-12-14(17(20)21)11-13-5-2-1-3-6-13/h1-7,10,14H,8-9,11-12H2,(H,18,19)(H,20,21). The first-order valence-corrected chi connectivity index (χ1v) is 8.09. The average Bonchev–Trinajstić information content (AvgIpc) is 3.03. The van der Waals surface area contributed by atoms with Gasteiger partial charge in [-0.15, -0.1) is 11.3 Å². The van der Waals surface area contributed by atoms with Gasteiger partial charge in [0.05, 0.1) is 5.92 Å². The van der Waals surface area contributed by atoms with E-state index in [0.717, 1.165) is 10.4 Å². The van der Waals surface area contributed by atoms with E-state index in [-0.39, 0.29) is 12.5 Å². The summed E-state index contributed by atoms with van der Waals surface area (Å²) in [6.45, 7) is 0.160. The number of rotatable bonds is 8. The highest BCUT2D eigenvalue weighted by atomic mass is 32.1. The van der Waals surface area contributed by atoms with E-state index in [1.54, 1.807) is 11.3 Å². The molecule has 2 aromatic rings. The van der Waals surface area contributed by atoms with Crippen LogP contribution in [0.2, 0.25) is 0 Å². The molecule has 0 saturated heterocycles. The molecule has 2 rings (SSSR count). The maximum absolute atomic E-state index is 11.8. The Kier molecular flexibility index (Phi) is 6.15. The third-order valence-electron chi connectivity index (χ3n) is 3.40. The summed E-state index contributed by atoms with van der Waals surface area (Å²) in [5.74, 6) is -1.59. The zero-order valence-corrected chi connectivity index (χ0v) is 13.0. The normalized spacial score (nSPS) is 11.8. The van der Waals surface area contributed by atoms with Crippen molar-refractivity contribution in [3.8, 4) is 0 Å². The molecule has 1 aromatic carbocycles. The smallest absolute Gasteiger partial charge is 0.308 e. The first kappa shape index (κ1) is 16.2. The highest BCUT2D eigenvalue weighted by Crippen LogP contribution is 2.11. The van der Waals surface area contributed by atoms with E-state index >= 15 is 0 Å². The molecule has 22 heavy (non-hydrogen) atoms. The van der Waals surface area contributed by atoms with Gasteiger partial charge in [-0.1, -0.05) is 36.4 Å². The third kappa shape index (κ3) is 5.33. The molecule has 0 spiro atoms. The quantitative estimate of drug-likeness (QED) is 0.787. The molecule has 1 amide bonds. The van der Waals surface area contributed by atoms with Crippen LogP contribution in [-0.4, -0.2) is 23.5 Å². The van der Waals surface area contributed by atoms with E-state index in [0.29, 0.717) is 19.3 Å². The Morgan fingerprint density at radius 2 is 1.91 bits per heavy atom. The minimum absolute atomic E-state index is 0.104. The van der Waals surface area contributed by atoms with Gasteiger partial charge >= 0.3 is 5.97 Å². The van der Waals surface area contributed by atoms with Gasteiger partial charge in [0.25, 0.3) is 0 Å². The highest BCUT2D eigenvalue weighted by molar-refractivity contribution is 7.09. The van der Waals surface area contributed by atoms with Crippen LogP contribution in [0, 0.1) is 5.92 Å². The van der Waals surface area contributed by atoms with Gasteiger partial charge in [-0.2, -0.15) is 0 Å². The molecule has 0 radical (unpaired) electrons. The zero-order valence-electron chi connectivity index (χ0n) is 12.2. The summed E-state index contributed by atoms with van der Waals surface area (Å²) in [5.41, 5.74) is 0.961. The summed E-state index contributed by atoms with van der Waals surface area (Å²) in [7, 11) is 0. The fourth-order valence-electron chi connectivity index (χ4n) is 2.16. The van der Waals surface area contributed by atoms with Gasteiger partial charge in [-0.25, -0.2) is 0 Å². The lowest BCUT2D eigenvalue weighted by molar-refractivity contribution is -0.141. The van der Waals surface area contributed by atoms with Crippen LogP contribution in [0.15, 0.2) is 47.8 Å². The van der Waals surface area contributed by atoms with E-state index in [1.165, 1.54) is 0 Å². The lowest BCUT2D eigenvalue weighted by Crippen LogP contribution is -2.34. The lowest BCUT2D eigenvalue weighted by Gasteiger charge is -2.13. The maximum Gasteiger partial charge on any atom is 0.308 e. The predicted molar refractivity (Wildman–Crippen MR) is 86.9 cm³/mol. The Balaban J connectivity index is 1.78. The van der Waals surface area contributed by atoms with Crippen LogP contribution in [0.4, 0.5) is 0 Å². The minimum Gasteiger partial charge on any atom is -0.481 e. The van der Waals surface area contributed by atoms with Crippen LogP contribution in [0.5, 0.6) is 0 Å². The van der Waals surface area contributed by atoms with Crippen molar-refractivity contribution in [3.05, 3.63) is 58.3 Å². The van der Waals surface area contributed by atoms with Crippen molar-refractivity contribution in [2.75, 3.05) is 6.54 Å². The predicted octanol–water partition coefficient (Wildman–Crippen LogP) is 2.74. The monoisotopic (exact) mass is 317 g/mol. The third-order valence-corrected chi connectivity index (χ3v) is 4.33. The first-order chi connectivity index (χ1) is 10.6. The van der Waals surface area contributed by atoms with Crippen LogP contribution in [0.25, 0.3) is 0 Å². The molecule has 1 unspecified atom stereocenters. The van der Waals surface area contributed by atoms with E-state index < -0.39 is 11.9 Å². The Hall–Kier alpha value is -2.14. The molecule has 1 aromatic heterocycles. The minimum atomic E-state index is -0.887. The molecular weight excluding hydrogens is 298 g/mol. The van der Waals surface area contributed by atoms with Crippen LogP contribution < -0.4 is 5.32 Å². The number of hydrogen-bond donors (Lipinski definition) is 2. The molecular formula is C17H19NO3S. The van der Waals surface area contributed by atoms with Gasteiger partial charge in [0.15, 0.2) is 0 Å². The number of carbonyl (C=O) groups excluding carboxylic acids is 1. The van der Waals surface area contributed by atoms with Gasteiger partial charge < -0.3 is 10.4 Å². The first-order valence-electron chi connectivity index (χ1n) is 7.21. The zero-order chi connectivity index (χ0) is 15.8. The second kappa shape index (κ2) is 8.34. The molecule has 0 fully saturated rings. The second-order valence-electron chi connectivity index (χ2n) is 5.11. The Morgan fingerprint density at radius 1 is 1.14 bits per heavy atom. The summed E-state index contributed by atoms with van der Waals surface area (Å²) < 4.78 is 0. The number of amides is 1. The molecule has 2 N–H and O–H groups in total. The molecule has 4 nitrogen and oxygen atoms in total. The van der Waals surface area contributed by atoms with Crippen molar-refractivity contribution in [1.29, 1.82) is 0 Å². The lowest BCUT2D eigenvalue weighted by atomic mass is 9.99. The van der Waals surface area contributed by atoms with Crippen LogP contribution >= 0.6 is 11.3 Å². The SMILES string of the molecule is O=C(CCc1cccs1)NCC(Cc1ccccc1)C(=O)O. The summed E-state index contributed by atoms with van der Waals surface area (Å²) in [4.78, 5) is 24.3. The number of aliphatic carboxylic acids is 1. The van der Waals surface area contributed by atoms with Crippen molar-refractivity contribution in [2.45, 2.75) is 19.3 Å². The molecule has 0 bridgehead atoms. The molecule has 0 aliphatic heterocycles. The number of thiophene rings is 1. The number of nitrogens with one attached hydrogen (secondary N) is 1. The van der Waals surface area contributed by atoms with E-state index in [1.807, 2.05) is 47.8 Å². The van der Waals surface area contributed by atoms with E-state index in [2.05, 4.69) is 5.32 Å². The van der Waals surface area contributed by atoms with Crippen LogP contribution in [0.1, 0.15) is 16.9 Å². The van der Waals surface area contributed by atoms with E-state index in [9.17, 15) is 14.7 Å². The van der Waals surface area contributed by atoms with Crippen LogP contribution in [-0.2, 0) is 22.4 Å². The summed E-state index contributed by atoms with van der Waals surface area (Å²) in [5, 5.41) is 14.0. The fraction of sp³-hybridized carbons (Fsp3) is 0.294. The number of aryl methyl sites for hydroxylation is 1. The summed E-state index contributed by atoms with van der Waals surface area (Å²) in [6.07, 6.45) is 1.50. The molecule has 0 saturated carbocycles. The topological polar surface area (TPSA) is 66.4 Å². The van der Waals surface area contributed by atoms with Gasteiger partial charge in [0.1, 0.15) is 0 Å². The highest BCUT2D eigenvalue weighted by Gasteiger charge is 2.18. The van der Waals surface area contributed by atoms with Crippen molar-refractivity contribution < 1.29 is 14.7 Å². The Bertz CT molecular complexity index is 596. The molecule has 0 aliphatic carbocycles. The van der Waals surface area contributed by atoms with Gasteiger partial charge in [-0.05, 0) is 29.9 Å². The summed E-state index contributed by atoms with van der Waals surface area (Å²) in [6, 6.07) is 13.4. The number of benzene rings is 1. The molecule has 116 valence electrons. The number of carbonyl (C=O) groups is 2. The number of carboxylic acids is 1. The van der Waals surface area contributed by atoms with Crippen molar-refractivity contribution in [3.63, 3.8) is 0 Å². The van der Waals surface area contributed by atoms with Gasteiger partial charge in [0, 0.05) is 17.8 Å². The molecule has 1 atom stereocenters. The Labute approximate surface area is 133 Å². The molecule has 0 aliphatic rings.